The summed E-state index contributed by atoms with van der Waals surface area (Å²) in [6.07, 6.45) is -1.12. The molecule has 3 rings (SSSR count). The summed E-state index contributed by atoms with van der Waals surface area (Å²) < 4.78 is 15.5. The largest absolute Gasteiger partial charge is 0.454 e. The number of hydrogen-bond acceptors (Lipinski definition) is 7. The Bertz CT molecular complexity index is 897. The number of hydrogen-bond donors (Lipinski definition) is 1. The van der Waals surface area contributed by atoms with Crippen LogP contribution in [0.2, 0.25) is 0 Å². The van der Waals surface area contributed by atoms with Crippen LogP contribution >= 0.6 is 0 Å². The van der Waals surface area contributed by atoms with E-state index in [-0.39, 0.29) is 24.6 Å². The molecule has 2 aromatic carbocycles. The van der Waals surface area contributed by atoms with Gasteiger partial charge in [-0.25, -0.2) is 4.79 Å². The zero-order valence-electron chi connectivity index (χ0n) is 14.3. The van der Waals surface area contributed by atoms with Gasteiger partial charge in [0, 0.05) is 12.6 Å². The maximum absolute atomic E-state index is 12.2. The van der Waals surface area contributed by atoms with Crippen LogP contribution in [0.5, 0.6) is 11.5 Å². The van der Waals surface area contributed by atoms with Gasteiger partial charge in [-0.15, -0.1) is 0 Å². The van der Waals surface area contributed by atoms with E-state index in [9.17, 15) is 19.7 Å². The van der Waals surface area contributed by atoms with Crippen LogP contribution in [0.4, 0.5) is 5.69 Å². The summed E-state index contributed by atoms with van der Waals surface area (Å²) in [4.78, 5) is 34.6. The van der Waals surface area contributed by atoms with Crippen LogP contribution in [0, 0.1) is 10.1 Å². The first-order chi connectivity index (χ1) is 13.0. The van der Waals surface area contributed by atoms with Crippen molar-refractivity contribution in [3.8, 4) is 11.5 Å². The van der Waals surface area contributed by atoms with Crippen molar-refractivity contribution in [2.24, 2.45) is 0 Å². The number of ether oxygens (including phenoxy) is 3. The minimum absolute atomic E-state index is 0.157. The molecule has 0 saturated heterocycles. The molecule has 0 spiro atoms. The summed E-state index contributed by atoms with van der Waals surface area (Å²) in [5.41, 5.74) is 0.193. The molecule has 9 nitrogen and oxygen atoms in total. The maximum Gasteiger partial charge on any atom is 0.345 e. The molecule has 1 unspecified atom stereocenters. The monoisotopic (exact) mass is 372 g/mol. The Morgan fingerprint density at radius 1 is 1.22 bits per heavy atom. The summed E-state index contributed by atoms with van der Waals surface area (Å²) in [6, 6.07) is 10.6. The normalized spacial score (nSPS) is 12.9. The second-order valence-corrected chi connectivity index (χ2v) is 5.73. The zero-order valence-corrected chi connectivity index (χ0v) is 14.3. The van der Waals surface area contributed by atoms with Gasteiger partial charge < -0.3 is 19.5 Å². The zero-order chi connectivity index (χ0) is 19.4. The number of para-hydroxylation sites is 1. The van der Waals surface area contributed by atoms with E-state index in [2.05, 4.69) is 5.32 Å². The first-order valence-corrected chi connectivity index (χ1v) is 8.06. The van der Waals surface area contributed by atoms with Crippen LogP contribution in [-0.4, -0.2) is 29.7 Å². The fourth-order valence-electron chi connectivity index (χ4n) is 2.47. The van der Waals surface area contributed by atoms with Crippen molar-refractivity contribution in [3.63, 3.8) is 0 Å². The molecule has 0 fully saturated rings. The molecule has 0 saturated carbocycles. The average Bonchev–Trinajstić information content (AvgIpc) is 3.13. The van der Waals surface area contributed by atoms with Gasteiger partial charge in [-0.2, -0.15) is 0 Å². The molecule has 1 aliphatic heterocycles. The number of carbonyl (C=O) groups excluding carboxylic acids is 2. The number of fused-ring (bicyclic) bond motifs is 1. The number of carbonyl (C=O) groups is 2. The van der Waals surface area contributed by atoms with Crippen molar-refractivity contribution in [2.45, 2.75) is 19.6 Å². The van der Waals surface area contributed by atoms with Crippen LogP contribution in [0.25, 0.3) is 0 Å². The first-order valence-electron chi connectivity index (χ1n) is 8.06. The molecule has 27 heavy (non-hydrogen) atoms. The third-order valence-electron chi connectivity index (χ3n) is 3.88. The standard InChI is InChI=1S/C18H16N2O7/c1-11(27-18(22)13-4-2-3-5-14(13)20(23)24)17(21)19-9-12-6-7-15-16(8-12)26-10-25-15/h2-8,11H,9-10H2,1H3,(H,19,21). The summed E-state index contributed by atoms with van der Waals surface area (Å²) in [5, 5.41) is 13.6. The molecule has 0 aromatic heterocycles. The molecule has 0 radical (unpaired) electrons. The van der Waals surface area contributed by atoms with Crippen LogP contribution in [0.15, 0.2) is 42.5 Å². The highest BCUT2D eigenvalue weighted by molar-refractivity contribution is 5.95. The highest BCUT2D eigenvalue weighted by atomic mass is 16.7. The lowest BCUT2D eigenvalue weighted by Gasteiger charge is -2.13. The van der Waals surface area contributed by atoms with Gasteiger partial charge in [-0.3, -0.25) is 14.9 Å². The van der Waals surface area contributed by atoms with Crippen molar-refractivity contribution in [2.75, 3.05) is 6.79 Å². The Morgan fingerprint density at radius 2 is 1.96 bits per heavy atom. The van der Waals surface area contributed by atoms with E-state index in [1.54, 1.807) is 18.2 Å². The summed E-state index contributed by atoms with van der Waals surface area (Å²) in [7, 11) is 0. The van der Waals surface area contributed by atoms with Crippen molar-refractivity contribution in [1.82, 2.24) is 5.32 Å². The molecule has 1 N–H and O–H groups in total. The van der Waals surface area contributed by atoms with Crippen molar-refractivity contribution in [1.29, 1.82) is 0 Å². The van der Waals surface area contributed by atoms with E-state index in [4.69, 9.17) is 14.2 Å². The molecule has 2 aromatic rings. The number of benzene rings is 2. The van der Waals surface area contributed by atoms with Gasteiger partial charge in [0.15, 0.2) is 17.6 Å². The van der Waals surface area contributed by atoms with E-state index >= 15 is 0 Å². The van der Waals surface area contributed by atoms with Crippen LogP contribution in [0.3, 0.4) is 0 Å². The number of rotatable bonds is 6. The first kappa shape index (κ1) is 18.2. The van der Waals surface area contributed by atoms with E-state index < -0.39 is 22.9 Å². The van der Waals surface area contributed by atoms with E-state index in [0.717, 1.165) is 5.56 Å². The molecular formula is C18H16N2O7. The van der Waals surface area contributed by atoms with Gasteiger partial charge in [0.25, 0.3) is 11.6 Å². The molecule has 1 amide bonds. The van der Waals surface area contributed by atoms with Crippen LogP contribution in [-0.2, 0) is 16.1 Å². The van der Waals surface area contributed by atoms with Gasteiger partial charge in [-0.1, -0.05) is 18.2 Å². The van der Waals surface area contributed by atoms with E-state index in [1.807, 2.05) is 0 Å². The third-order valence-corrected chi connectivity index (χ3v) is 3.88. The molecular weight excluding hydrogens is 356 g/mol. The number of nitro benzene ring substituents is 1. The fraction of sp³-hybridized carbons (Fsp3) is 0.222. The van der Waals surface area contributed by atoms with E-state index in [0.29, 0.717) is 11.5 Å². The lowest BCUT2D eigenvalue weighted by molar-refractivity contribution is -0.385. The number of nitrogens with zero attached hydrogens (tertiary/aromatic N) is 1. The lowest BCUT2D eigenvalue weighted by atomic mass is 10.2. The summed E-state index contributed by atoms with van der Waals surface area (Å²) in [6.45, 7) is 1.74. The predicted octanol–water partition coefficient (Wildman–Crippen LogP) is 2.19. The number of nitrogens with one attached hydrogen (secondary N) is 1. The number of esters is 1. The maximum atomic E-state index is 12.2. The van der Waals surface area contributed by atoms with E-state index in [1.165, 1.54) is 31.2 Å². The Labute approximate surface area is 154 Å². The van der Waals surface area contributed by atoms with Gasteiger partial charge in [-0.05, 0) is 30.7 Å². The molecule has 1 atom stereocenters. The predicted molar refractivity (Wildman–Crippen MR) is 92.4 cm³/mol. The van der Waals surface area contributed by atoms with Gasteiger partial charge in [0.05, 0.1) is 4.92 Å². The molecule has 0 bridgehead atoms. The number of nitro groups is 1. The highest BCUT2D eigenvalue weighted by Gasteiger charge is 2.25. The second-order valence-electron chi connectivity index (χ2n) is 5.73. The second kappa shape index (κ2) is 7.73. The lowest BCUT2D eigenvalue weighted by Crippen LogP contribution is -2.35. The average molecular weight is 372 g/mol. The third kappa shape index (κ3) is 4.14. The minimum Gasteiger partial charge on any atom is -0.454 e. The smallest absolute Gasteiger partial charge is 0.345 e. The molecule has 0 aliphatic carbocycles. The van der Waals surface area contributed by atoms with Gasteiger partial charge in [0.1, 0.15) is 5.56 Å². The van der Waals surface area contributed by atoms with Crippen LogP contribution < -0.4 is 14.8 Å². The summed E-state index contributed by atoms with van der Waals surface area (Å²) in [5.74, 6) is -0.234. The Hall–Kier alpha value is -3.62. The Balaban J connectivity index is 1.58. The van der Waals surface area contributed by atoms with Crippen molar-refractivity contribution < 1.29 is 28.7 Å². The fourth-order valence-corrected chi connectivity index (χ4v) is 2.47. The van der Waals surface area contributed by atoms with Crippen LogP contribution in [0.1, 0.15) is 22.8 Å². The van der Waals surface area contributed by atoms with Crippen molar-refractivity contribution >= 4 is 17.6 Å². The minimum atomic E-state index is -1.12. The molecule has 140 valence electrons. The van der Waals surface area contributed by atoms with Crippen molar-refractivity contribution in [3.05, 3.63) is 63.7 Å². The SMILES string of the molecule is CC(OC(=O)c1ccccc1[N+](=O)[O-])C(=O)NCc1ccc2c(c1)OCO2. The van der Waals surface area contributed by atoms with Gasteiger partial charge in [0.2, 0.25) is 6.79 Å². The Kier molecular flexibility index (Phi) is 5.20. The highest BCUT2D eigenvalue weighted by Crippen LogP contribution is 2.32. The summed E-state index contributed by atoms with van der Waals surface area (Å²) >= 11 is 0. The Morgan fingerprint density at radius 3 is 2.74 bits per heavy atom. The molecule has 1 heterocycles. The quantitative estimate of drug-likeness (QED) is 0.469. The topological polar surface area (TPSA) is 117 Å². The van der Waals surface area contributed by atoms with Gasteiger partial charge >= 0.3 is 5.97 Å². The molecule has 1 aliphatic rings. The molecule has 9 heteroatoms. The number of amides is 1.